The van der Waals surface area contributed by atoms with Gasteiger partial charge in [-0.05, 0) is 39.0 Å². The number of halogens is 1. The average molecular weight is 388 g/mol. The molecule has 0 aliphatic carbocycles. The second kappa shape index (κ2) is 6.29. The third-order valence-electron chi connectivity index (χ3n) is 3.24. The quantitative estimate of drug-likeness (QED) is 0.855. The highest BCUT2D eigenvalue weighted by molar-refractivity contribution is 9.10. The number of hydrogen-bond donors (Lipinski definition) is 1. The molecule has 0 spiro atoms. The van der Waals surface area contributed by atoms with Crippen molar-refractivity contribution in [3.8, 4) is 5.75 Å². The van der Waals surface area contributed by atoms with Crippen LogP contribution in [0.1, 0.15) is 18.3 Å². The number of benzene rings is 1. The number of hydrogen-bond acceptors (Lipinski definition) is 4. The third kappa shape index (κ3) is 3.27. The Kier molecular flexibility index (Phi) is 4.81. The van der Waals surface area contributed by atoms with Crippen LogP contribution in [0.2, 0.25) is 0 Å². The summed E-state index contributed by atoms with van der Waals surface area (Å²) in [5.41, 5.74) is 1.86. The lowest BCUT2D eigenvalue weighted by molar-refractivity contribution is 0.331. The summed E-state index contributed by atoms with van der Waals surface area (Å²) in [6.45, 7) is 5.76. The van der Waals surface area contributed by atoms with Crippen molar-refractivity contribution in [3.63, 3.8) is 0 Å². The van der Waals surface area contributed by atoms with Crippen molar-refractivity contribution < 1.29 is 13.2 Å². The Balaban J connectivity index is 2.49. The molecule has 0 fully saturated rings. The van der Waals surface area contributed by atoms with Crippen LogP contribution in [0.5, 0.6) is 5.75 Å². The van der Waals surface area contributed by atoms with Gasteiger partial charge in [0.05, 0.1) is 23.7 Å². The molecule has 1 N–H and O–H groups in total. The number of nitrogens with zero attached hydrogens (tertiary/aromatic N) is 2. The zero-order valence-corrected chi connectivity index (χ0v) is 15.2. The summed E-state index contributed by atoms with van der Waals surface area (Å²) < 4.78 is 35.8. The number of aromatic nitrogens is 2. The number of sulfonamides is 1. The fourth-order valence-corrected chi connectivity index (χ4v) is 3.94. The van der Waals surface area contributed by atoms with Crippen LogP contribution in [-0.4, -0.2) is 24.8 Å². The number of ether oxygens (including phenoxy) is 1. The Morgan fingerprint density at radius 2 is 2.05 bits per heavy atom. The largest absolute Gasteiger partial charge is 0.492 e. The van der Waals surface area contributed by atoms with Crippen molar-refractivity contribution in [1.82, 2.24) is 9.78 Å². The lowest BCUT2D eigenvalue weighted by Gasteiger charge is -2.13. The van der Waals surface area contributed by atoms with Crippen LogP contribution in [0.15, 0.2) is 27.6 Å². The second-order valence-electron chi connectivity index (χ2n) is 4.80. The minimum atomic E-state index is -3.78. The van der Waals surface area contributed by atoms with E-state index in [1.54, 1.807) is 37.7 Å². The number of nitrogens with one attached hydrogen (secondary N) is 1. The first-order valence-corrected chi connectivity index (χ1v) is 8.99. The zero-order valence-electron chi connectivity index (χ0n) is 12.8. The van der Waals surface area contributed by atoms with Gasteiger partial charge >= 0.3 is 0 Å². The van der Waals surface area contributed by atoms with Crippen molar-refractivity contribution in [1.29, 1.82) is 0 Å². The van der Waals surface area contributed by atoms with Gasteiger partial charge in [-0.2, -0.15) is 5.10 Å². The van der Waals surface area contributed by atoms with E-state index >= 15 is 0 Å². The summed E-state index contributed by atoms with van der Waals surface area (Å²) in [6.07, 6.45) is 0. The molecule has 1 heterocycles. The molecule has 1 aromatic heterocycles. The molecule has 0 aliphatic heterocycles. The Bertz CT molecular complexity index is 800. The monoisotopic (exact) mass is 387 g/mol. The van der Waals surface area contributed by atoms with Gasteiger partial charge in [0.1, 0.15) is 10.6 Å². The maximum Gasteiger partial charge on any atom is 0.265 e. The molecule has 2 rings (SSSR count). The van der Waals surface area contributed by atoms with Gasteiger partial charge in [-0.1, -0.05) is 15.9 Å². The molecular weight excluding hydrogens is 370 g/mol. The number of aryl methyl sites for hydroxylation is 2. The van der Waals surface area contributed by atoms with Gasteiger partial charge in [-0.3, -0.25) is 9.40 Å². The Hall–Kier alpha value is -1.54. The normalized spacial score (nSPS) is 11.5. The van der Waals surface area contributed by atoms with E-state index < -0.39 is 10.0 Å². The topological polar surface area (TPSA) is 73.2 Å². The van der Waals surface area contributed by atoms with Gasteiger partial charge in [0.15, 0.2) is 0 Å². The SMILES string of the molecule is CCOc1ccc(Br)cc1S(=O)(=O)Nc1c(C)nn(C)c1C. The Morgan fingerprint density at radius 3 is 2.59 bits per heavy atom. The van der Waals surface area contributed by atoms with E-state index in [0.717, 1.165) is 5.69 Å². The van der Waals surface area contributed by atoms with Crippen LogP contribution in [0, 0.1) is 13.8 Å². The molecule has 22 heavy (non-hydrogen) atoms. The molecule has 0 aliphatic rings. The summed E-state index contributed by atoms with van der Waals surface area (Å²) >= 11 is 3.29. The van der Waals surface area contributed by atoms with E-state index in [2.05, 4.69) is 25.8 Å². The smallest absolute Gasteiger partial charge is 0.265 e. The van der Waals surface area contributed by atoms with E-state index in [1.165, 1.54) is 6.07 Å². The van der Waals surface area contributed by atoms with Gasteiger partial charge in [-0.25, -0.2) is 8.42 Å². The first kappa shape index (κ1) is 16.8. The predicted octanol–water partition coefficient (Wildman–Crippen LogP) is 3.00. The molecule has 120 valence electrons. The molecule has 0 bridgehead atoms. The van der Waals surface area contributed by atoms with Crippen molar-refractivity contribution in [2.75, 3.05) is 11.3 Å². The third-order valence-corrected chi connectivity index (χ3v) is 5.10. The van der Waals surface area contributed by atoms with Gasteiger partial charge < -0.3 is 4.74 Å². The van der Waals surface area contributed by atoms with E-state index in [4.69, 9.17) is 4.74 Å². The van der Waals surface area contributed by atoms with Crippen molar-refractivity contribution in [2.24, 2.45) is 7.05 Å². The van der Waals surface area contributed by atoms with Crippen LogP contribution >= 0.6 is 15.9 Å². The standard InChI is InChI=1S/C14H18BrN3O3S/c1-5-21-12-7-6-11(15)8-13(12)22(19,20)17-14-9(2)16-18(4)10(14)3/h6-8,17H,5H2,1-4H3. The second-order valence-corrected chi connectivity index (χ2v) is 7.37. The maximum atomic E-state index is 12.7. The highest BCUT2D eigenvalue weighted by Crippen LogP contribution is 2.30. The van der Waals surface area contributed by atoms with E-state index in [1.807, 2.05) is 6.92 Å². The molecule has 0 unspecified atom stereocenters. The molecule has 0 radical (unpaired) electrons. The zero-order chi connectivity index (χ0) is 16.5. The summed E-state index contributed by atoms with van der Waals surface area (Å²) in [4.78, 5) is 0.0892. The molecule has 0 saturated carbocycles. The van der Waals surface area contributed by atoms with Gasteiger partial charge in [0.25, 0.3) is 10.0 Å². The highest BCUT2D eigenvalue weighted by atomic mass is 79.9. The lowest BCUT2D eigenvalue weighted by Crippen LogP contribution is -2.15. The van der Waals surface area contributed by atoms with Crippen LogP contribution in [0.25, 0.3) is 0 Å². The Morgan fingerprint density at radius 1 is 1.36 bits per heavy atom. The Labute approximate surface area is 138 Å². The summed E-state index contributed by atoms with van der Waals surface area (Å²) in [5.74, 6) is 0.317. The molecular formula is C14H18BrN3O3S. The lowest BCUT2D eigenvalue weighted by atomic mass is 10.3. The molecule has 6 nitrogen and oxygen atoms in total. The van der Waals surface area contributed by atoms with Crippen molar-refractivity contribution in [2.45, 2.75) is 25.7 Å². The average Bonchev–Trinajstić information content (AvgIpc) is 2.67. The van der Waals surface area contributed by atoms with Gasteiger partial charge in [-0.15, -0.1) is 0 Å². The molecule has 0 amide bonds. The minimum Gasteiger partial charge on any atom is -0.492 e. The number of rotatable bonds is 5. The van der Waals surface area contributed by atoms with Crippen LogP contribution in [-0.2, 0) is 17.1 Å². The van der Waals surface area contributed by atoms with E-state index in [0.29, 0.717) is 28.2 Å². The summed E-state index contributed by atoms with van der Waals surface area (Å²) in [7, 11) is -2.01. The molecule has 1 aromatic carbocycles. The minimum absolute atomic E-state index is 0.0892. The molecule has 0 atom stereocenters. The van der Waals surface area contributed by atoms with Crippen LogP contribution in [0.3, 0.4) is 0 Å². The first-order valence-electron chi connectivity index (χ1n) is 6.71. The summed E-state index contributed by atoms with van der Waals surface area (Å²) in [5, 5.41) is 4.21. The predicted molar refractivity (Wildman–Crippen MR) is 88.8 cm³/mol. The van der Waals surface area contributed by atoms with E-state index in [9.17, 15) is 8.42 Å². The van der Waals surface area contributed by atoms with Crippen molar-refractivity contribution in [3.05, 3.63) is 34.1 Å². The molecule has 8 heteroatoms. The first-order chi connectivity index (χ1) is 10.3. The van der Waals surface area contributed by atoms with Crippen LogP contribution in [0.4, 0.5) is 5.69 Å². The fraction of sp³-hybridized carbons (Fsp3) is 0.357. The maximum absolute atomic E-state index is 12.7. The highest BCUT2D eigenvalue weighted by Gasteiger charge is 2.23. The van der Waals surface area contributed by atoms with E-state index in [-0.39, 0.29) is 4.90 Å². The molecule has 0 saturated heterocycles. The molecule has 2 aromatic rings. The number of anilines is 1. The van der Waals surface area contributed by atoms with Crippen LogP contribution < -0.4 is 9.46 Å². The van der Waals surface area contributed by atoms with Crippen molar-refractivity contribution >= 4 is 31.6 Å². The van der Waals surface area contributed by atoms with Gasteiger partial charge in [0, 0.05) is 11.5 Å². The van der Waals surface area contributed by atoms with Gasteiger partial charge in [0.2, 0.25) is 0 Å². The fourth-order valence-electron chi connectivity index (χ4n) is 2.08. The summed E-state index contributed by atoms with van der Waals surface area (Å²) in [6, 6.07) is 4.89.